The molecule has 2 atom stereocenters. The molecule has 0 amide bonds. The normalized spacial score (nSPS) is 38.2. The summed E-state index contributed by atoms with van der Waals surface area (Å²) < 4.78 is 0. The van der Waals surface area contributed by atoms with Gasteiger partial charge in [0.2, 0.25) is 0 Å². The molecule has 2 nitrogen and oxygen atoms in total. The molecule has 0 aromatic rings. The summed E-state index contributed by atoms with van der Waals surface area (Å²) in [5.41, 5.74) is 0.689. The van der Waals surface area contributed by atoms with Gasteiger partial charge in [0.1, 0.15) is 0 Å². The molecule has 0 spiro atoms. The molecule has 0 saturated carbocycles. The van der Waals surface area contributed by atoms with Crippen molar-refractivity contribution in [2.24, 2.45) is 0 Å². The van der Waals surface area contributed by atoms with Crippen molar-refractivity contribution < 1.29 is 0 Å². The van der Waals surface area contributed by atoms with E-state index in [2.05, 4.69) is 44.8 Å². The molecule has 0 aromatic carbocycles. The van der Waals surface area contributed by atoms with E-state index in [4.69, 9.17) is 0 Å². The zero-order valence-corrected chi connectivity index (χ0v) is 11.2. The lowest BCUT2D eigenvalue weighted by Gasteiger charge is -2.52. The second-order valence-corrected chi connectivity index (χ2v) is 5.54. The summed E-state index contributed by atoms with van der Waals surface area (Å²) in [5.74, 6) is 0. The molecule has 1 heterocycles. The van der Waals surface area contributed by atoms with Crippen LogP contribution in [0.4, 0.5) is 0 Å². The fourth-order valence-electron chi connectivity index (χ4n) is 2.39. The van der Waals surface area contributed by atoms with E-state index in [1.807, 2.05) is 0 Å². The van der Waals surface area contributed by atoms with Crippen LogP contribution in [0.2, 0.25) is 0 Å². The average Bonchev–Trinajstić information content (AvgIpc) is 2.24. The highest BCUT2D eigenvalue weighted by molar-refractivity contribution is 5.00. The number of hydrogen-bond acceptors (Lipinski definition) is 2. The minimum atomic E-state index is 0.323. The van der Waals surface area contributed by atoms with Gasteiger partial charge in [0.15, 0.2) is 0 Å². The van der Waals surface area contributed by atoms with Crippen LogP contribution < -0.4 is 5.32 Å². The van der Waals surface area contributed by atoms with Gasteiger partial charge < -0.3 is 5.32 Å². The summed E-state index contributed by atoms with van der Waals surface area (Å²) in [5, 5.41) is 3.73. The minimum Gasteiger partial charge on any atom is -0.308 e. The number of piperazine rings is 1. The van der Waals surface area contributed by atoms with Crippen molar-refractivity contribution in [3.05, 3.63) is 0 Å². The molecule has 0 radical (unpaired) electrons. The lowest BCUT2D eigenvalue weighted by molar-refractivity contribution is 0.0172. The van der Waals surface area contributed by atoms with Gasteiger partial charge in [-0.2, -0.15) is 0 Å². The van der Waals surface area contributed by atoms with Gasteiger partial charge in [-0.1, -0.05) is 20.8 Å². The third kappa shape index (κ3) is 2.73. The van der Waals surface area contributed by atoms with E-state index in [0.29, 0.717) is 11.1 Å². The second kappa shape index (κ2) is 4.84. The summed E-state index contributed by atoms with van der Waals surface area (Å²) in [6.45, 7) is 15.2. The summed E-state index contributed by atoms with van der Waals surface area (Å²) in [4.78, 5) is 2.69. The van der Waals surface area contributed by atoms with Gasteiger partial charge in [-0.05, 0) is 39.7 Å². The van der Waals surface area contributed by atoms with Gasteiger partial charge in [0.25, 0.3) is 0 Å². The molecule has 1 N–H and O–H groups in total. The predicted molar refractivity (Wildman–Crippen MR) is 67.3 cm³/mol. The smallest absolute Gasteiger partial charge is 0.0304 e. The Morgan fingerprint density at radius 3 is 2.27 bits per heavy atom. The second-order valence-electron chi connectivity index (χ2n) is 5.54. The van der Waals surface area contributed by atoms with Gasteiger partial charge in [-0.3, -0.25) is 4.90 Å². The SMILES string of the molecule is CCCN1CC(C)(CC)NCC1(C)CC. The van der Waals surface area contributed by atoms with Crippen LogP contribution in [0.3, 0.4) is 0 Å². The Balaban J connectivity index is 2.73. The number of nitrogens with one attached hydrogen (secondary N) is 1. The van der Waals surface area contributed by atoms with Crippen LogP contribution in [0, 0.1) is 0 Å². The van der Waals surface area contributed by atoms with E-state index in [0.717, 1.165) is 6.54 Å². The first-order chi connectivity index (χ1) is 6.99. The fourth-order valence-corrected chi connectivity index (χ4v) is 2.39. The first-order valence-electron chi connectivity index (χ1n) is 6.50. The third-order valence-electron chi connectivity index (χ3n) is 4.23. The van der Waals surface area contributed by atoms with Crippen molar-refractivity contribution in [1.29, 1.82) is 0 Å². The zero-order chi connectivity index (χ0) is 11.5. The standard InChI is InChI=1S/C13H28N2/c1-6-9-15-11-12(4,7-2)14-10-13(15,5)8-3/h14H,6-11H2,1-5H3. The van der Waals surface area contributed by atoms with Crippen LogP contribution in [0.5, 0.6) is 0 Å². The summed E-state index contributed by atoms with van der Waals surface area (Å²) in [6, 6.07) is 0. The molecule has 1 fully saturated rings. The Morgan fingerprint density at radius 2 is 1.80 bits per heavy atom. The van der Waals surface area contributed by atoms with Gasteiger partial charge in [0.05, 0.1) is 0 Å². The van der Waals surface area contributed by atoms with Crippen molar-refractivity contribution in [3.8, 4) is 0 Å². The van der Waals surface area contributed by atoms with E-state index < -0.39 is 0 Å². The number of hydrogen-bond donors (Lipinski definition) is 1. The number of nitrogens with zero attached hydrogens (tertiary/aromatic N) is 1. The summed E-state index contributed by atoms with van der Waals surface area (Å²) >= 11 is 0. The zero-order valence-electron chi connectivity index (χ0n) is 11.2. The largest absolute Gasteiger partial charge is 0.308 e. The van der Waals surface area contributed by atoms with Crippen LogP contribution in [0.15, 0.2) is 0 Å². The van der Waals surface area contributed by atoms with Crippen molar-refractivity contribution in [3.63, 3.8) is 0 Å². The lowest BCUT2D eigenvalue weighted by atomic mass is 9.85. The molecule has 90 valence electrons. The molecule has 2 heteroatoms. The first-order valence-corrected chi connectivity index (χ1v) is 6.50. The first kappa shape index (κ1) is 13.0. The minimum absolute atomic E-state index is 0.323. The maximum atomic E-state index is 3.73. The van der Waals surface area contributed by atoms with Crippen LogP contribution in [-0.2, 0) is 0 Å². The maximum absolute atomic E-state index is 3.73. The maximum Gasteiger partial charge on any atom is 0.0304 e. The molecule has 1 saturated heterocycles. The van der Waals surface area contributed by atoms with Crippen LogP contribution >= 0.6 is 0 Å². The highest BCUT2D eigenvalue weighted by atomic mass is 15.3. The van der Waals surface area contributed by atoms with Crippen molar-refractivity contribution in [1.82, 2.24) is 10.2 Å². The Labute approximate surface area is 95.4 Å². The predicted octanol–water partition coefficient (Wildman–Crippen LogP) is 2.64. The monoisotopic (exact) mass is 212 g/mol. The Hall–Kier alpha value is -0.0800. The quantitative estimate of drug-likeness (QED) is 0.770. The van der Waals surface area contributed by atoms with Crippen molar-refractivity contribution >= 4 is 0 Å². The van der Waals surface area contributed by atoms with Crippen LogP contribution in [-0.4, -0.2) is 35.6 Å². The summed E-state index contributed by atoms with van der Waals surface area (Å²) in [6.07, 6.45) is 3.71. The van der Waals surface area contributed by atoms with Crippen LogP contribution in [0.1, 0.15) is 53.9 Å². The molecule has 2 unspecified atom stereocenters. The molecule has 1 aliphatic rings. The Bertz CT molecular complexity index is 205. The molecule has 0 bridgehead atoms. The molecule has 0 aliphatic carbocycles. The van der Waals surface area contributed by atoms with Crippen LogP contribution in [0.25, 0.3) is 0 Å². The van der Waals surface area contributed by atoms with E-state index in [-0.39, 0.29) is 0 Å². The Morgan fingerprint density at radius 1 is 1.13 bits per heavy atom. The van der Waals surface area contributed by atoms with E-state index in [1.54, 1.807) is 0 Å². The average molecular weight is 212 g/mol. The highest BCUT2D eigenvalue weighted by Gasteiger charge is 2.40. The molecule has 0 aromatic heterocycles. The molecule has 15 heavy (non-hydrogen) atoms. The van der Waals surface area contributed by atoms with Gasteiger partial charge >= 0.3 is 0 Å². The summed E-state index contributed by atoms with van der Waals surface area (Å²) in [7, 11) is 0. The third-order valence-corrected chi connectivity index (χ3v) is 4.23. The molecular weight excluding hydrogens is 184 g/mol. The van der Waals surface area contributed by atoms with E-state index in [1.165, 1.54) is 32.4 Å². The Kier molecular flexibility index (Phi) is 4.19. The van der Waals surface area contributed by atoms with Gasteiger partial charge in [-0.25, -0.2) is 0 Å². The molecule has 1 rings (SSSR count). The molecule has 1 aliphatic heterocycles. The van der Waals surface area contributed by atoms with Gasteiger partial charge in [-0.15, -0.1) is 0 Å². The topological polar surface area (TPSA) is 15.3 Å². The molecular formula is C13H28N2. The highest BCUT2D eigenvalue weighted by Crippen LogP contribution is 2.28. The van der Waals surface area contributed by atoms with E-state index in [9.17, 15) is 0 Å². The van der Waals surface area contributed by atoms with Crippen molar-refractivity contribution in [2.75, 3.05) is 19.6 Å². The van der Waals surface area contributed by atoms with Gasteiger partial charge in [0, 0.05) is 24.2 Å². The number of rotatable bonds is 4. The van der Waals surface area contributed by atoms with Crippen molar-refractivity contribution in [2.45, 2.75) is 65.0 Å². The lowest BCUT2D eigenvalue weighted by Crippen LogP contribution is -2.67. The van der Waals surface area contributed by atoms with E-state index >= 15 is 0 Å². The fraction of sp³-hybridized carbons (Fsp3) is 1.00.